The molecule has 0 bridgehead atoms. The van der Waals surface area contributed by atoms with E-state index in [9.17, 15) is 9.59 Å². The average Bonchev–Trinajstić information content (AvgIpc) is 3.37. The Balaban J connectivity index is 1.35. The molecule has 2 atom stereocenters. The van der Waals surface area contributed by atoms with Gasteiger partial charge in [-0.25, -0.2) is 4.79 Å². The van der Waals surface area contributed by atoms with Crippen LogP contribution in [0.5, 0.6) is 0 Å². The number of carbonyl (C=O) groups excluding carboxylic acids is 2. The molecule has 1 aromatic carbocycles. The molecule has 3 heterocycles. The lowest BCUT2D eigenvalue weighted by atomic mass is 10.1. The average molecular weight is 451 g/mol. The molecule has 4 rings (SSSR count). The van der Waals surface area contributed by atoms with Gasteiger partial charge in [0.25, 0.3) is 5.91 Å². The van der Waals surface area contributed by atoms with Crippen molar-refractivity contribution < 1.29 is 19.2 Å². The molecular formula is C20H23ClN4O4S. The summed E-state index contributed by atoms with van der Waals surface area (Å²) in [6, 6.07) is 7.56. The third-order valence-corrected chi connectivity index (χ3v) is 6.55. The van der Waals surface area contributed by atoms with Crippen LogP contribution >= 0.6 is 23.4 Å². The number of hydrogen-bond donors (Lipinski definition) is 1. The van der Waals surface area contributed by atoms with Gasteiger partial charge in [0.15, 0.2) is 5.84 Å². The second kappa shape index (κ2) is 9.18. The maximum atomic E-state index is 12.3. The Labute approximate surface area is 184 Å². The number of ether oxygens (including phenoxy) is 1. The van der Waals surface area contributed by atoms with Crippen LogP contribution in [0.1, 0.15) is 18.9 Å². The summed E-state index contributed by atoms with van der Waals surface area (Å²) in [7, 11) is 0. The molecule has 0 radical (unpaired) electrons. The fourth-order valence-corrected chi connectivity index (χ4v) is 4.68. The maximum Gasteiger partial charge on any atom is 0.414 e. The first-order chi connectivity index (χ1) is 14.5. The third kappa shape index (κ3) is 4.52. The van der Waals surface area contributed by atoms with E-state index >= 15 is 0 Å². The van der Waals surface area contributed by atoms with Crippen LogP contribution in [0, 0.1) is 0 Å². The maximum absolute atomic E-state index is 12.3. The van der Waals surface area contributed by atoms with Gasteiger partial charge in [-0.1, -0.05) is 11.2 Å². The highest BCUT2D eigenvalue weighted by Gasteiger charge is 2.33. The van der Waals surface area contributed by atoms with Gasteiger partial charge in [-0.05, 0) is 37.6 Å². The molecule has 160 valence electrons. The smallest absolute Gasteiger partial charge is 0.414 e. The predicted molar refractivity (Wildman–Crippen MR) is 117 cm³/mol. The highest BCUT2D eigenvalue weighted by molar-refractivity contribution is 8.05. The number of anilines is 1. The van der Waals surface area contributed by atoms with Crippen molar-refractivity contribution in [1.82, 2.24) is 10.2 Å². The van der Waals surface area contributed by atoms with Crippen LogP contribution in [-0.2, 0) is 14.4 Å². The Morgan fingerprint density at radius 3 is 2.87 bits per heavy atom. The normalized spacial score (nSPS) is 23.6. The van der Waals surface area contributed by atoms with Gasteiger partial charge in [-0.2, -0.15) is 0 Å². The Kier molecular flexibility index (Phi) is 6.38. The van der Waals surface area contributed by atoms with Crippen molar-refractivity contribution in [3.8, 4) is 0 Å². The lowest BCUT2D eigenvalue weighted by molar-refractivity contribution is -0.117. The molecule has 0 aromatic heterocycles. The number of likely N-dealkylation sites (N-methyl/N-ethyl adjacent to an activating group) is 1. The van der Waals surface area contributed by atoms with Crippen molar-refractivity contribution in [2.45, 2.75) is 24.2 Å². The standard InChI is InChI=1S/C20H23ClN4O4S/c1-2-24-9-10-28-23-18(24)13-3-5-14(6-4-13)25-12-15(29-20(25)27)11-22-19(26)16-7-8-17(21)30-16/h3-7,15,17H,2,8-12H2,1H3,(H,22,26)/t15-,17?/m0/s1. The summed E-state index contributed by atoms with van der Waals surface area (Å²) in [5.41, 5.74) is 1.66. The molecule has 10 heteroatoms. The first-order valence-corrected chi connectivity index (χ1v) is 11.2. The van der Waals surface area contributed by atoms with Gasteiger partial charge in [0.1, 0.15) is 12.7 Å². The molecular weight excluding hydrogens is 428 g/mol. The number of amidine groups is 1. The summed E-state index contributed by atoms with van der Waals surface area (Å²) < 4.78 is 5.32. The second-order valence-corrected chi connectivity index (χ2v) is 9.06. The zero-order chi connectivity index (χ0) is 21.1. The number of amides is 2. The molecule has 1 saturated heterocycles. The molecule has 3 aliphatic heterocycles. The number of nitrogens with zero attached hydrogens (tertiary/aromatic N) is 3. The van der Waals surface area contributed by atoms with Gasteiger partial charge >= 0.3 is 6.09 Å². The van der Waals surface area contributed by atoms with Gasteiger partial charge in [-0.3, -0.25) is 9.69 Å². The summed E-state index contributed by atoms with van der Waals surface area (Å²) in [5.74, 6) is 0.608. The van der Waals surface area contributed by atoms with Crippen molar-refractivity contribution in [3.05, 3.63) is 40.8 Å². The van der Waals surface area contributed by atoms with E-state index in [1.165, 1.54) is 11.8 Å². The number of alkyl halides is 1. The Hall–Kier alpha value is -2.39. The van der Waals surface area contributed by atoms with E-state index in [2.05, 4.69) is 22.3 Å². The zero-order valence-electron chi connectivity index (χ0n) is 16.5. The van der Waals surface area contributed by atoms with Crippen LogP contribution < -0.4 is 10.2 Å². The molecule has 0 saturated carbocycles. The largest absolute Gasteiger partial charge is 0.442 e. The summed E-state index contributed by atoms with van der Waals surface area (Å²) in [6.07, 6.45) is 1.66. The number of benzene rings is 1. The lowest BCUT2D eigenvalue weighted by Gasteiger charge is -2.27. The number of thioether (sulfide) groups is 1. The molecule has 0 spiro atoms. The monoisotopic (exact) mass is 450 g/mol. The molecule has 3 aliphatic rings. The quantitative estimate of drug-likeness (QED) is 0.671. The minimum Gasteiger partial charge on any atom is -0.442 e. The summed E-state index contributed by atoms with van der Waals surface area (Å²) >= 11 is 7.34. The van der Waals surface area contributed by atoms with Crippen LogP contribution in [0.25, 0.3) is 0 Å². The van der Waals surface area contributed by atoms with E-state index in [0.29, 0.717) is 24.5 Å². The molecule has 1 fully saturated rings. The van der Waals surface area contributed by atoms with E-state index in [0.717, 1.165) is 30.2 Å². The van der Waals surface area contributed by atoms with Gasteiger partial charge in [0.05, 0.1) is 29.2 Å². The number of cyclic esters (lactones) is 1. The van der Waals surface area contributed by atoms with Crippen molar-refractivity contribution in [1.29, 1.82) is 0 Å². The molecule has 8 nitrogen and oxygen atoms in total. The van der Waals surface area contributed by atoms with Gasteiger partial charge < -0.3 is 19.8 Å². The summed E-state index contributed by atoms with van der Waals surface area (Å²) in [5, 5.41) is 6.98. The highest BCUT2D eigenvalue weighted by atomic mass is 35.5. The minimum atomic E-state index is -0.425. The zero-order valence-corrected chi connectivity index (χ0v) is 18.1. The number of hydrogen-bond acceptors (Lipinski definition) is 7. The van der Waals surface area contributed by atoms with Crippen LogP contribution in [0.4, 0.5) is 10.5 Å². The van der Waals surface area contributed by atoms with Gasteiger partial charge in [0.2, 0.25) is 0 Å². The van der Waals surface area contributed by atoms with Crippen molar-refractivity contribution >= 4 is 46.9 Å². The Bertz CT molecular complexity index is 876. The van der Waals surface area contributed by atoms with E-state index < -0.39 is 12.2 Å². The fourth-order valence-electron chi connectivity index (χ4n) is 3.47. The van der Waals surface area contributed by atoms with E-state index in [-0.39, 0.29) is 17.2 Å². The molecule has 2 amide bonds. The van der Waals surface area contributed by atoms with Crippen LogP contribution in [-0.4, -0.2) is 66.3 Å². The topological polar surface area (TPSA) is 83.5 Å². The number of nitrogens with one attached hydrogen (secondary N) is 1. The molecule has 1 N–H and O–H groups in total. The van der Waals surface area contributed by atoms with Gasteiger partial charge in [0, 0.05) is 17.8 Å². The van der Waals surface area contributed by atoms with Gasteiger partial charge in [-0.15, -0.1) is 23.4 Å². The Morgan fingerprint density at radius 1 is 1.37 bits per heavy atom. The SMILES string of the molecule is CCN1CCON=C1c1ccc(N2C[C@H](CNC(=O)C3=CCC(Cl)S3)OC2=O)cc1. The summed E-state index contributed by atoms with van der Waals surface area (Å²) in [4.78, 5) is 34.1. The highest BCUT2D eigenvalue weighted by Crippen LogP contribution is 2.34. The first-order valence-electron chi connectivity index (χ1n) is 9.87. The number of allylic oxidation sites excluding steroid dienone is 1. The fraction of sp³-hybridized carbons (Fsp3) is 0.450. The molecule has 30 heavy (non-hydrogen) atoms. The van der Waals surface area contributed by atoms with Crippen LogP contribution in [0.3, 0.4) is 0 Å². The predicted octanol–water partition coefficient (Wildman–Crippen LogP) is 2.73. The van der Waals surface area contributed by atoms with Crippen molar-refractivity contribution in [2.24, 2.45) is 5.16 Å². The molecule has 1 unspecified atom stereocenters. The summed E-state index contributed by atoms with van der Waals surface area (Å²) in [6.45, 7) is 4.91. The van der Waals surface area contributed by atoms with Crippen LogP contribution in [0.15, 0.2) is 40.4 Å². The van der Waals surface area contributed by atoms with Crippen LogP contribution in [0.2, 0.25) is 0 Å². The number of carbonyl (C=O) groups is 2. The second-order valence-electron chi connectivity index (χ2n) is 7.03. The number of rotatable bonds is 6. The molecule has 0 aliphatic carbocycles. The first kappa shape index (κ1) is 20.9. The van der Waals surface area contributed by atoms with Crippen molar-refractivity contribution in [2.75, 3.05) is 37.7 Å². The molecule has 1 aromatic rings. The Morgan fingerprint density at radius 2 is 2.17 bits per heavy atom. The van der Waals surface area contributed by atoms with E-state index in [1.807, 2.05) is 30.3 Å². The van der Waals surface area contributed by atoms with E-state index in [4.69, 9.17) is 21.2 Å². The lowest BCUT2D eigenvalue weighted by Crippen LogP contribution is -2.37. The third-order valence-electron chi connectivity index (χ3n) is 5.05. The van der Waals surface area contributed by atoms with E-state index in [1.54, 1.807) is 4.90 Å². The van der Waals surface area contributed by atoms with Crippen molar-refractivity contribution in [3.63, 3.8) is 0 Å². The number of halogens is 1. The number of oxime groups is 1. The minimum absolute atomic E-state index is 0.0935.